The fraction of sp³-hybridized carbons (Fsp3) is 0.269. The lowest BCUT2D eigenvalue weighted by molar-refractivity contribution is -0.143. The van der Waals surface area contributed by atoms with Gasteiger partial charge in [0.15, 0.2) is 4.80 Å². The maximum Gasteiger partial charge on any atom is 0.338 e. The number of rotatable bonds is 6. The Morgan fingerprint density at radius 3 is 2.51 bits per heavy atom. The maximum atomic E-state index is 13.7. The summed E-state index contributed by atoms with van der Waals surface area (Å²) in [5, 5.41) is 1.08. The first kappa shape index (κ1) is 25.2. The van der Waals surface area contributed by atoms with Gasteiger partial charge in [-0.15, -0.1) is 0 Å². The van der Waals surface area contributed by atoms with Crippen LogP contribution in [0, 0.1) is 0 Å². The second-order valence-corrected chi connectivity index (χ2v) is 10.1. The van der Waals surface area contributed by atoms with Gasteiger partial charge in [0.2, 0.25) is 0 Å². The molecule has 2 heterocycles. The molecule has 0 spiro atoms. The smallest absolute Gasteiger partial charge is 0.338 e. The van der Waals surface area contributed by atoms with Crippen LogP contribution >= 0.6 is 34.5 Å². The Labute approximate surface area is 216 Å². The number of thiazole rings is 1. The predicted octanol–water partition coefficient (Wildman–Crippen LogP) is 4.89. The van der Waals surface area contributed by atoms with E-state index in [4.69, 9.17) is 32.7 Å². The number of benzene rings is 2. The van der Waals surface area contributed by atoms with Crippen molar-refractivity contribution < 1.29 is 14.3 Å². The normalized spacial score (nSPS) is 15.7. The van der Waals surface area contributed by atoms with Crippen molar-refractivity contribution in [2.24, 2.45) is 4.99 Å². The van der Waals surface area contributed by atoms with Crippen LogP contribution in [0.1, 0.15) is 44.9 Å². The number of ether oxygens (including phenoxy) is 2. The second-order valence-electron chi connectivity index (χ2n) is 8.20. The highest BCUT2D eigenvalue weighted by molar-refractivity contribution is 7.07. The van der Waals surface area contributed by atoms with Gasteiger partial charge in [-0.2, -0.15) is 0 Å². The van der Waals surface area contributed by atoms with Crippen molar-refractivity contribution in [1.82, 2.24) is 4.57 Å². The third kappa shape index (κ3) is 5.22. The van der Waals surface area contributed by atoms with E-state index in [0.717, 1.165) is 5.56 Å². The monoisotopic (exact) mass is 530 g/mol. The summed E-state index contributed by atoms with van der Waals surface area (Å²) < 4.78 is 13.2. The number of nitrogens with zero attached hydrogens (tertiary/aromatic N) is 2. The van der Waals surface area contributed by atoms with Crippen LogP contribution in [-0.2, 0) is 9.53 Å². The molecule has 0 N–H and O–H groups in total. The van der Waals surface area contributed by atoms with E-state index in [9.17, 15) is 9.59 Å². The zero-order valence-corrected chi connectivity index (χ0v) is 22.0. The molecular weight excluding hydrogens is 507 g/mol. The van der Waals surface area contributed by atoms with E-state index >= 15 is 0 Å². The molecule has 182 valence electrons. The molecule has 0 unspecified atom stereocenters. The van der Waals surface area contributed by atoms with E-state index in [-0.39, 0.29) is 11.7 Å². The molecule has 0 radical (unpaired) electrons. The SMILES string of the molecule is CCOc1ccc(Cl)cc1/C=c1\sc2n(c1=O)[C@@H](c1ccc(Cl)cc1)C(C(=O)OC(C)C)=C(C)N=2. The molecule has 6 nitrogen and oxygen atoms in total. The van der Waals surface area contributed by atoms with Crippen LogP contribution in [-0.4, -0.2) is 23.2 Å². The summed E-state index contributed by atoms with van der Waals surface area (Å²) in [6, 6.07) is 11.6. The third-order valence-electron chi connectivity index (χ3n) is 5.33. The van der Waals surface area contributed by atoms with Gasteiger partial charge in [0.05, 0.1) is 34.6 Å². The minimum Gasteiger partial charge on any atom is -0.493 e. The first-order chi connectivity index (χ1) is 16.7. The predicted molar refractivity (Wildman–Crippen MR) is 139 cm³/mol. The Morgan fingerprint density at radius 2 is 1.86 bits per heavy atom. The summed E-state index contributed by atoms with van der Waals surface area (Å²) in [4.78, 5) is 31.9. The summed E-state index contributed by atoms with van der Waals surface area (Å²) in [5.74, 6) is 0.110. The number of hydrogen-bond acceptors (Lipinski definition) is 6. The van der Waals surface area contributed by atoms with Crippen molar-refractivity contribution in [2.75, 3.05) is 6.61 Å². The summed E-state index contributed by atoms with van der Waals surface area (Å²) in [6.07, 6.45) is 1.42. The number of carbonyl (C=O) groups excluding carboxylic acids is 1. The van der Waals surface area contributed by atoms with E-state index in [1.807, 2.05) is 6.92 Å². The van der Waals surface area contributed by atoms with Crippen molar-refractivity contribution in [2.45, 2.75) is 39.8 Å². The molecule has 1 aliphatic rings. The summed E-state index contributed by atoms with van der Waals surface area (Å²) in [6.45, 7) is 7.67. The molecule has 0 fully saturated rings. The molecule has 9 heteroatoms. The van der Waals surface area contributed by atoms with Gasteiger partial charge in [0.25, 0.3) is 5.56 Å². The van der Waals surface area contributed by atoms with Crippen molar-refractivity contribution in [3.8, 4) is 5.75 Å². The van der Waals surface area contributed by atoms with Gasteiger partial charge in [0.1, 0.15) is 5.75 Å². The zero-order valence-electron chi connectivity index (χ0n) is 19.7. The van der Waals surface area contributed by atoms with Crippen molar-refractivity contribution in [3.05, 3.63) is 94.6 Å². The number of hydrogen-bond donors (Lipinski definition) is 0. The van der Waals surface area contributed by atoms with E-state index in [2.05, 4.69) is 4.99 Å². The molecule has 0 amide bonds. The Balaban J connectivity index is 1.95. The van der Waals surface area contributed by atoms with Crippen LogP contribution in [0.4, 0.5) is 0 Å². The summed E-state index contributed by atoms with van der Waals surface area (Å²) >= 11 is 13.6. The largest absolute Gasteiger partial charge is 0.493 e. The van der Waals surface area contributed by atoms with Gasteiger partial charge in [0, 0.05) is 15.6 Å². The number of esters is 1. The highest BCUT2D eigenvalue weighted by Crippen LogP contribution is 2.31. The Hall–Kier alpha value is -2.87. The molecule has 0 saturated heterocycles. The van der Waals surface area contributed by atoms with Gasteiger partial charge >= 0.3 is 5.97 Å². The summed E-state index contributed by atoms with van der Waals surface area (Å²) in [5.41, 5.74) is 1.95. The standard InChI is InChI=1S/C26H24Cl2N2O4S/c1-5-33-20-11-10-19(28)12-17(20)13-21-24(31)30-23(16-6-8-18(27)9-7-16)22(25(32)34-14(2)3)15(4)29-26(30)35-21/h6-14,23H,5H2,1-4H3/b21-13-/t23-/m0/s1. The van der Waals surface area contributed by atoms with Gasteiger partial charge in [-0.05, 0) is 69.7 Å². The number of aromatic nitrogens is 1. The lowest BCUT2D eigenvalue weighted by Gasteiger charge is -2.25. The Bertz CT molecular complexity index is 1490. The number of halogens is 2. The molecule has 1 aliphatic heterocycles. The first-order valence-electron chi connectivity index (χ1n) is 11.1. The molecule has 3 aromatic rings. The van der Waals surface area contributed by atoms with Gasteiger partial charge in [-0.1, -0.05) is 46.7 Å². The Kier molecular flexibility index (Phi) is 7.50. The van der Waals surface area contributed by atoms with Crippen LogP contribution in [0.25, 0.3) is 6.08 Å². The molecule has 0 aliphatic carbocycles. The number of fused-ring (bicyclic) bond motifs is 1. The van der Waals surface area contributed by atoms with E-state index < -0.39 is 12.0 Å². The topological polar surface area (TPSA) is 69.9 Å². The molecule has 35 heavy (non-hydrogen) atoms. The zero-order chi connectivity index (χ0) is 25.3. The molecule has 2 aromatic carbocycles. The molecule has 4 rings (SSSR count). The van der Waals surface area contributed by atoms with E-state index in [0.29, 0.717) is 48.6 Å². The van der Waals surface area contributed by atoms with E-state index in [1.165, 1.54) is 15.9 Å². The van der Waals surface area contributed by atoms with Crippen LogP contribution in [0.15, 0.2) is 63.5 Å². The van der Waals surface area contributed by atoms with Gasteiger partial charge in [-0.3, -0.25) is 9.36 Å². The van der Waals surface area contributed by atoms with Gasteiger partial charge < -0.3 is 9.47 Å². The second kappa shape index (κ2) is 10.4. The molecule has 1 atom stereocenters. The van der Waals surface area contributed by atoms with Crippen molar-refractivity contribution >= 4 is 46.6 Å². The molecular formula is C26H24Cl2N2O4S. The van der Waals surface area contributed by atoms with Crippen molar-refractivity contribution in [1.29, 1.82) is 0 Å². The minimum absolute atomic E-state index is 0.279. The average molecular weight is 531 g/mol. The van der Waals surface area contributed by atoms with Crippen LogP contribution in [0.3, 0.4) is 0 Å². The molecule has 0 saturated carbocycles. The lowest BCUT2D eigenvalue weighted by atomic mass is 9.96. The minimum atomic E-state index is -0.706. The maximum absolute atomic E-state index is 13.7. The fourth-order valence-electron chi connectivity index (χ4n) is 3.88. The van der Waals surface area contributed by atoms with Crippen molar-refractivity contribution in [3.63, 3.8) is 0 Å². The quantitative estimate of drug-likeness (QED) is 0.425. The first-order valence-corrected chi connectivity index (χ1v) is 12.7. The molecule has 1 aromatic heterocycles. The number of allylic oxidation sites excluding steroid dienone is 1. The Morgan fingerprint density at radius 1 is 1.17 bits per heavy atom. The average Bonchev–Trinajstić information content (AvgIpc) is 3.09. The third-order valence-corrected chi connectivity index (χ3v) is 6.80. The van der Waals surface area contributed by atoms with Crippen LogP contribution in [0.2, 0.25) is 10.0 Å². The highest BCUT2D eigenvalue weighted by Gasteiger charge is 2.33. The van der Waals surface area contributed by atoms with Gasteiger partial charge in [-0.25, -0.2) is 9.79 Å². The number of carbonyl (C=O) groups is 1. The lowest BCUT2D eigenvalue weighted by Crippen LogP contribution is -2.40. The summed E-state index contributed by atoms with van der Waals surface area (Å²) in [7, 11) is 0. The van der Waals surface area contributed by atoms with E-state index in [1.54, 1.807) is 69.3 Å². The fourth-order valence-corrected chi connectivity index (χ4v) is 5.23. The molecule has 0 bridgehead atoms. The highest BCUT2D eigenvalue weighted by atomic mass is 35.5. The van der Waals surface area contributed by atoms with Crippen LogP contribution < -0.4 is 19.6 Å². The van der Waals surface area contributed by atoms with Crippen LogP contribution in [0.5, 0.6) is 5.75 Å².